The topological polar surface area (TPSA) is 66.8 Å². The molecule has 142 valence electrons. The summed E-state index contributed by atoms with van der Waals surface area (Å²) in [5.74, 6) is 0.906. The Morgan fingerprint density at radius 2 is 2.12 bits per heavy atom. The molecule has 1 aromatic rings. The number of esters is 1. The number of rotatable bonds is 3. The fraction of sp³-hybridized carbons (Fsp3) is 0.682. The summed E-state index contributed by atoms with van der Waals surface area (Å²) in [6, 6.07) is 5.63. The van der Waals surface area contributed by atoms with E-state index >= 15 is 0 Å². The molecule has 4 rings (SSSR count). The lowest BCUT2D eigenvalue weighted by Crippen LogP contribution is -2.49. The van der Waals surface area contributed by atoms with Gasteiger partial charge in [0, 0.05) is 0 Å². The smallest absolute Gasteiger partial charge is 0.309 e. The van der Waals surface area contributed by atoms with E-state index in [2.05, 4.69) is 6.92 Å². The minimum absolute atomic E-state index is 0.0844. The van der Waals surface area contributed by atoms with Crippen LogP contribution in [0, 0.1) is 23.2 Å². The average Bonchev–Trinajstić information content (AvgIpc) is 2.93. The summed E-state index contributed by atoms with van der Waals surface area (Å²) in [4.78, 5) is 12.9. The number of carbonyl (C=O) groups is 1. The molecular formula is C22H30O4. The van der Waals surface area contributed by atoms with Crippen molar-refractivity contribution < 1.29 is 19.7 Å². The van der Waals surface area contributed by atoms with E-state index in [1.807, 2.05) is 19.1 Å². The molecule has 2 fully saturated rings. The molecule has 2 saturated carbocycles. The average molecular weight is 358 g/mol. The van der Waals surface area contributed by atoms with Crippen LogP contribution in [0.4, 0.5) is 0 Å². The van der Waals surface area contributed by atoms with E-state index in [0.29, 0.717) is 24.9 Å². The Balaban J connectivity index is 1.74. The van der Waals surface area contributed by atoms with Crippen LogP contribution in [0.25, 0.3) is 0 Å². The van der Waals surface area contributed by atoms with Gasteiger partial charge in [-0.3, -0.25) is 4.79 Å². The van der Waals surface area contributed by atoms with E-state index in [-0.39, 0.29) is 35.1 Å². The van der Waals surface area contributed by atoms with Gasteiger partial charge < -0.3 is 14.9 Å². The summed E-state index contributed by atoms with van der Waals surface area (Å²) in [5.41, 5.74) is 2.29. The molecule has 26 heavy (non-hydrogen) atoms. The molecule has 3 aliphatic rings. The maximum absolute atomic E-state index is 12.9. The molecule has 0 aliphatic heterocycles. The van der Waals surface area contributed by atoms with Crippen LogP contribution in [0.1, 0.15) is 63.0 Å². The Bertz CT molecular complexity index is 699. The van der Waals surface area contributed by atoms with Crippen LogP contribution in [0.5, 0.6) is 5.75 Å². The number of carbonyl (C=O) groups excluding carboxylic acids is 1. The van der Waals surface area contributed by atoms with Gasteiger partial charge in [-0.1, -0.05) is 19.9 Å². The second kappa shape index (κ2) is 6.56. The Hall–Kier alpha value is -1.55. The molecule has 6 atom stereocenters. The Kier molecular flexibility index (Phi) is 4.50. The molecule has 3 aliphatic carbocycles. The predicted octanol–water partition coefficient (Wildman–Crippen LogP) is 3.79. The van der Waals surface area contributed by atoms with Gasteiger partial charge in [-0.15, -0.1) is 0 Å². The summed E-state index contributed by atoms with van der Waals surface area (Å²) in [5, 5.41) is 20.5. The number of hydrogen-bond acceptors (Lipinski definition) is 4. The van der Waals surface area contributed by atoms with Gasteiger partial charge in [-0.25, -0.2) is 0 Å². The summed E-state index contributed by atoms with van der Waals surface area (Å²) >= 11 is 0. The van der Waals surface area contributed by atoms with E-state index in [4.69, 9.17) is 4.74 Å². The molecule has 0 saturated heterocycles. The maximum atomic E-state index is 12.9. The first-order chi connectivity index (χ1) is 12.5. The minimum atomic E-state index is -0.262. The first-order valence-corrected chi connectivity index (χ1v) is 10.1. The second-order valence-corrected chi connectivity index (χ2v) is 8.79. The Morgan fingerprint density at radius 3 is 2.88 bits per heavy atom. The van der Waals surface area contributed by atoms with Crippen molar-refractivity contribution in [2.24, 2.45) is 23.2 Å². The zero-order chi connectivity index (χ0) is 18.5. The summed E-state index contributed by atoms with van der Waals surface area (Å²) in [6.07, 6.45) is 5.01. The van der Waals surface area contributed by atoms with Crippen molar-refractivity contribution in [1.29, 1.82) is 0 Å². The van der Waals surface area contributed by atoms with Crippen molar-refractivity contribution in [3.05, 3.63) is 29.3 Å². The highest BCUT2D eigenvalue weighted by atomic mass is 16.5. The number of aliphatic hydroxyl groups is 1. The maximum Gasteiger partial charge on any atom is 0.309 e. The molecule has 4 nitrogen and oxygen atoms in total. The van der Waals surface area contributed by atoms with E-state index in [9.17, 15) is 15.0 Å². The van der Waals surface area contributed by atoms with Gasteiger partial charge in [0.1, 0.15) is 5.75 Å². The van der Waals surface area contributed by atoms with E-state index in [1.165, 1.54) is 5.56 Å². The number of hydrogen-bond donors (Lipinski definition) is 2. The molecule has 4 heteroatoms. The molecule has 0 aromatic heterocycles. The highest BCUT2D eigenvalue weighted by Gasteiger charge is 2.58. The zero-order valence-corrected chi connectivity index (χ0v) is 15.8. The zero-order valence-electron chi connectivity index (χ0n) is 15.8. The van der Waals surface area contributed by atoms with Crippen molar-refractivity contribution in [1.82, 2.24) is 0 Å². The van der Waals surface area contributed by atoms with Crippen molar-refractivity contribution in [2.75, 3.05) is 6.61 Å². The standard InChI is InChI=1S/C22H30O4/c1-3-10-26-21(25)17-12-13-11-14(23)4-5-15(13)16-8-9-22(2)18(20(16)17)6-7-19(22)24/h4-5,11,16-20,23-24H,3,6-10,12H2,1-2H3/t16-,17-,18+,19+,20+,22+/m1/s1. The molecule has 0 unspecified atom stereocenters. The molecule has 2 N–H and O–H groups in total. The van der Waals surface area contributed by atoms with Crippen LogP contribution in [0.15, 0.2) is 18.2 Å². The van der Waals surface area contributed by atoms with Gasteiger partial charge in [0.15, 0.2) is 0 Å². The Labute approximate surface area is 155 Å². The minimum Gasteiger partial charge on any atom is -0.508 e. The van der Waals surface area contributed by atoms with Crippen molar-refractivity contribution >= 4 is 5.97 Å². The monoisotopic (exact) mass is 358 g/mol. The number of aliphatic hydroxyl groups excluding tert-OH is 1. The first-order valence-electron chi connectivity index (χ1n) is 10.1. The normalized spacial score (nSPS) is 38.2. The predicted molar refractivity (Wildman–Crippen MR) is 98.9 cm³/mol. The number of phenols is 1. The van der Waals surface area contributed by atoms with Gasteiger partial charge in [0.05, 0.1) is 18.6 Å². The van der Waals surface area contributed by atoms with Crippen molar-refractivity contribution in [3.8, 4) is 5.75 Å². The summed E-state index contributed by atoms with van der Waals surface area (Å²) in [7, 11) is 0. The van der Waals surface area contributed by atoms with E-state index in [0.717, 1.165) is 37.7 Å². The third kappa shape index (κ3) is 2.65. The van der Waals surface area contributed by atoms with Crippen molar-refractivity contribution in [2.45, 2.75) is 64.4 Å². The lowest BCUT2D eigenvalue weighted by Gasteiger charge is -2.52. The van der Waals surface area contributed by atoms with Crippen LogP contribution >= 0.6 is 0 Å². The van der Waals surface area contributed by atoms with Gasteiger partial charge in [-0.2, -0.15) is 0 Å². The number of aromatic hydroxyl groups is 1. The molecule has 0 radical (unpaired) electrons. The number of ether oxygens (including phenoxy) is 1. The highest BCUT2D eigenvalue weighted by Crippen LogP contribution is 2.62. The largest absolute Gasteiger partial charge is 0.508 e. The summed E-state index contributed by atoms with van der Waals surface area (Å²) < 4.78 is 5.57. The fourth-order valence-electron chi connectivity index (χ4n) is 6.14. The van der Waals surface area contributed by atoms with Crippen molar-refractivity contribution in [3.63, 3.8) is 0 Å². The van der Waals surface area contributed by atoms with E-state index in [1.54, 1.807) is 6.07 Å². The van der Waals surface area contributed by atoms with Crippen LogP contribution in [0.3, 0.4) is 0 Å². The van der Waals surface area contributed by atoms with Gasteiger partial charge in [0.2, 0.25) is 0 Å². The number of phenolic OH excluding ortho intramolecular Hbond substituents is 1. The van der Waals surface area contributed by atoms with Crippen LogP contribution in [-0.4, -0.2) is 28.9 Å². The molecule has 1 aromatic carbocycles. The molecule has 0 amide bonds. The molecule has 0 heterocycles. The van der Waals surface area contributed by atoms with Crippen LogP contribution in [-0.2, 0) is 16.0 Å². The quantitative estimate of drug-likeness (QED) is 0.807. The summed E-state index contributed by atoms with van der Waals surface area (Å²) in [6.45, 7) is 4.69. The molecule has 0 bridgehead atoms. The van der Waals surface area contributed by atoms with Crippen LogP contribution < -0.4 is 0 Å². The van der Waals surface area contributed by atoms with E-state index < -0.39 is 0 Å². The number of fused-ring (bicyclic) bond motifs is 5. The second-order valence-electron chi connectivity index (χ2n) is 8.79. The molecule has 0 spiro atoms. The van der Waals surface area contributed by atoms with Gasteiger partial charge >= 0.3 is 5.97 Å². The SMILES string of the molecule is CCCOC(=O)[C@@H]1Cc2cc(O)ccc2[C@H]2CC[C@]3(C)[C@@H](O)CC[C@H]3[C@@H]21. The lowest BCUT2D eigenvalue weighted by molar-refractivity contribution is -0.155. The highest BCUT2D eigenvalue weighted by molar-refractivity contribution is 5.74. The van der Waals surface area contributed by atoms with Gasteiger partial charge in [0.25, 0.3) is 0 Å². The van der Waals surface area contributed by atoms with Gasteiger partial charge in [-0.05, 0) is 85.0 Å². The third-order valence-corrected chi connectivity index (χ3v) is 7.46. The fourth-order valence-corrected chi connectivity index (χ4v) is 6.14. The van der Waals surface area contributed by atoms with Crippen LogP contribution in [0.2, 0.25) is 0 Å². The first kappa shape index (κ1) is 17.8. The lowest BCUT2D eigenvalue weighted by atomic mass is 9.52. The number of benzene rings is 1. The molecular weight excluding hydrogens is 328 g/mol. The Morgan fingerprint density at radius 1 is 1.31 bits per heavy atom. The third-order valence-electron chi connectivity index (χ3n) is 7.46.